The van der Waals surface area contributed by atoms with Crippen LogP contribution in [0.1, 0.15) is 20.8 Å². The molecule has 16 heavy (non-hydrogen) atoms. The predicted molar refractivity (Wildman–Crippen MR) is 63.6 cm³/mol. The Morgan fingerprint density at radius 3 is 1.62 bits per heavy atom. The fraction of sp³-hybridized carbons (Fsp3) is 1.00. The molecule has 0 aromatic rings. The van der Waals surface area contributed by atoms with Gasteiger partial charge in [0.2, 0.25) is 13.4 Å². The van der Waals surface area contributed by atoms with Crippen molar-refractivity contribution in [3.05, 3.63) is 0 Å². The first-order chi connectivity index (χ1) is 7.10. The lowest BCUT2D eigenvalue weighted by Gasteiger charge is -2.26. The average molecular weight is 290 g/mol. The number of rotatable bonds is 7. The third-order valence-corrected chi connectivity index (χ3v) is 11.2. The molecule has 0 saturated heterocycles. The molecule has 0 fully saturated rings. The molecule has 0 unspecified atom stereocenters. The highest BCUT2D eigenvalue weighted by atomic mass is 32.3. The minimum Gasteiger partial charge on any atom is -0.314 e. The van der Waals surface area contributed by atoms with Crippen molar-refractivity contribution in [3.8, 4) is 0 Å². The van der Waals surface area contributed by atoms with Crippen molar-refractivity contribution in [1.82, 2.24) is 0 Å². The Balaban J connectivity index is 4.95. The van der Waals surface area contributed by atoms with Crippen LogP contribution in [0.15, 0.2) is 0 Å². The third kappa shape index (κ3) is 5.39. The van der Waals surface area contributed by atoms with Crippen molar-refractivity contribution in [1.29, 1.82) is 0 Å². The second-order valence-corrected chi connectivity index (χ2v) is 12.0. The molecular weight excluding hydrogens is 272 g/mol. The Hall–Kier alpha value is 0.0369. The molecule has 0 aromatic heterocycles. The Morgan fingerprint density at radius 1 is 1.00 bits per heavy atom. The molecule has 6 nitrogen and oxygen atoms in total. The maximum absolute atomic E-state index is 11.4. The molecule has 0 aromatic carbocycles. The molecular formula is C7H18O6S2Si. The van der Waals surface area contributed by atoms with Crippen LogP contribution in [0.3, 0.4) is 0 Å². The average Bonchev–Trinajstić information content (AvgIpc) is 2.10. The summed E-state index contributed by atoms with van der Waals surface area (Å²) >= 11 is 0. The molecule has 0 heterocycles. The summed E-state index contributed by atoms with van der Waals surface area (Å²) in [7, 11) is -11.2. The molecule has 1 N–H and O–H groups in total. The number of hydrogen-bond donors (Lipinski definition) is 1. The maximum atomic E-state index is 11.4. The zero-order chi connectivity index (χ0) is 13.0. The van der Waals surface area contributed by atoms with Gasteiger partial charge in [-0.2, -0.15) is 16.8 Å². The van der Waals surface area contributed by atoms with Crippen molar-refractivity contribution in [2.75, 3.05) is 5.08 Å². The summed E-state index contributed by atoms with van der Waals surface area (Å²) in [5.41, 5.74) is 0. The third-order valence-electron chi connectivity index (χ3n) is 2.53. The Labute approximate surface area is 98.0 Å². The van der Waals surface area contributed by atoms with Gasteiger partial charge in [0.15, 0.2) is 0 Å². The van der Waals surface area contributed by atoms with E-state index < -0.39 is 33.6 Å². The molecule has 9 heteroatoms. The molecule has 0 aliphatic rings. The van der Waals surface area contributed by atoms with Gasteiger partial charge >= 0.3 is 0 Å². The summed E-state index contributed by atoms with van der Waals surface area (Å²) in [6, 6.07) is 1.76. The molecule has 98 valence electrons. The second-order valence-electron chi connectivity index (χ2n) is 3.58. The molecule has 0 atom stereocenters. The fourth-order valence-electron chi connectivity index (χ4n) is 1.40. The van der Waals surface area contributed by atoms with E-state index in [1.807, 2.05) is 20.8 Å². The van der Waals surface area contributed by atoms with E-state index in [0.717, 1.165) is 0 Å². The summed E-state index contributed by atoms with van der Waals surface area (Å²) < 4.78 is 57.4. The van der Waals surface area contributed by atoms with Crippen molar-refractivity contribution in [2.45, 2.75) is 38.9 Å². The van der Waals surface area contributed by atoms with E-state index in [4.69, 9.17) is 8.42 Å². The molecule has 0 spiro atoms. The van der Waals surface area contributed by atoms with Crippen LogP contribution in [0.5, 0.6) is 0 Å². The van der Waals surface area contributed by atoms with Crippen molar-refractivity contribution >= 4 is 28.6 Å². The molecule has 0 saturated carbocycles. The van der Waals surface area contributed by atoms with E-state index in [1.165, 1.54) is 0 Å². The first-order valence-corrected chi connectivity index (χ1v) is 10.7. The lowest BCUT2D eigenvalue weighted by molar-refractivity contribution is 0.467. The van der Waals surface area contributed by atoms with Crippen LogP contribution in [0, 0.1) is 0 Å². The topological polar surface area (TPSA) is 97.7 Å². The van der Waals surface area contributed by atoms with Gasteiger partial charge in [0.05, 0.1) is 0 Å². The largest absolute Gasteiger partial charge is 0.314 e. The predicted octanol–water partition coefficient (Wildman–Crippen LogP) is 1.18. The van der Waals surface area contributed by atoms with Gasteiger partial charge in [-0.15, -0.1) is 0 Å². The van der Waals surface area contributed by atoms with Crippen LogP contribution in [0.2, 0.25) is 18.1 Å². The summed E-state index contributed by atoms with van der Waals surface area (Å²) in [6.45, 7) is 5.46. The minimum atomic E-state index is -4.57. The molecule has 0 rings (SSSR count). The number of hydrogen-bond acceptors (Lipinski definition) is 5. The van der Waals surface area contributed by atoms with Crippen molar-refractivity contribution < 1.29 is 25.3 Å². The highest BCUT2D eigenvalue weighted by molar-refractivity contribution is 8.03. The quantitative estimate of drug-likeness (QED) is 0.558. The standard InChI is InChI=1S/C7H18O6S2Si/c1-4-16(5-2,6-3)13-15(11,12)7-14(8,9)10/h4-7H2,1-3H3,(H,8,9,10). The normalized spacial score (nSPS) is 14.0. The summed E-state index contributed by atoms with van der Waals surface area (Å²) in [5.74, 6) is 0. The van der Waals surface area contributed by atoms with Gasteiger partial charge in [-0.3, -0.25) is 4.55 Å². The van der Waals surface area contributed by atoms with Crippen LogP contribution < -0.4 is 0 Å². The molecule has 0 aliphatic heterocycles. The van der Waals surface area contributed by atoms with E-state index in [9.17, 15) is 16.8 Å². The van der Waals surface area contributed by atoms with Gasteiger partial charge in [-0.25, -0.2) is 0 Å². The van der Waals surface area contributed by atoms with Gasteiger partial charge in [0, 0.05) is 0 Å². The van der Waals surface area contributed by atoms with Gasteiger partial charge < -0.3 is 3.87 Å². The van der Waals surface area contributed by atoms with E-state index in [1.54, 1.807) is 0 Å². The van der Waals surface area contributed by atoms with Crippen LogP contribution in [0.25, 0.3) is 0 Å². The highest BCUT2D eigenvalue weighted by Gasteiger charge is 2.36. The minimum absolute atomic E-state index is 0.588. The van der Waals surface area contributed by atoms with E-state index in [-0.39, 0.29) is 0 Å². The summed E-state index contributed by atoms with van der Waals surface area (Å²) in [6.07, 6.45) is 0. The van der Waals surface area contributed by atoms with Gasteiger partial charge in [0.25, 0.3) is 20.2 Å². The van der Waals surface area contributed by atoms with E-state index in [0.29, 0.717) is 18.1 Å². The monoisotopic (exact) mass is 290 g/mol. The van der Waals surface area contributed by atoms with Crippen LogP contribution >= 0.6 is 0 Å². The highest BCUT2D eigenvalue weighted by Crippen LogP contribution is 2.24. The van der Waals surface area contributed by atoms with Gasteiger partial charge in [-0.1, -0.05) is 20.8 Å². The smallest absolute Gasteiger partial charge is 0.281 e. The second kappa shape index (κ2) is 5.58. The molecule has 0 radical (unpaired) electrons. The van der Waals surface area contributed by atoms with E-state index >= 15 is 0 Å². The molecule has 0 aliphatic carbocycles. The fourth-order valence-corrected chi connectivity index (χ4v) is 8.56. The zero-order valence-corrected chi connectivity index (χ0v) is 12.3. The van der Waals surface area contributed by atoms with Crippen molar-refractivity contribution in [3.63, 3.8) is 0 Å². The zero-order valence-electron chi connectivity index (χ0n) is 9.63. The lowest BCUT2D eigenvalue weighted by Crippen LogP contribution is -2.39. The first kappa shape index (κ1) is 16.0. The first-order valence-electron chi connectivity index (χ1n) is 4.98. The molecule has 0 bridgehead atoms. The van der Waals surface area contributed by atoms with Crippen molar-refractivity contribution in [2.24, 2.45) is 0 Å². The lowest BCUT2D eigenvalue weighted by atomic mass is 10.9. The van der Waals surface area contributed by atoms with E-state index in [2.05, 4.69) is 0 Å². The molecule has 0 amide bonds. The Kier molecular flexibility index (Phi) is 5.60. The van der Waals surface area contributed by atoms with Crippen LogP contribution in [-0.4, -0.2) is 34.8 Å². The van der Waals surface area contributed by atoms with Crippen LogP contribution in [0.4, 0.5) is 0 Å². The summed E-state index contributed by atoms with van der Waals surface area (Å²) in [5, 5.41) is -1.37. The SMILES string of the molecule is CC[Si](CC)(CC)OS(=O)(=O)CS(=O)(=O)O. The summed E-state index contributed by atoms with van der Waals surface area (Å²) in [4.78, 5) is 0. The Morgan fingerprint density at radius 2 is 1.38 bits per heavy atom. The van der Waals surface area contributed by atoms with Gasteiger partial charge in [0.1, 0.15) is 0 Å². The van der Waals surface area contributed by atoms with Crippen LogP contribution in [-0.2, 0) is 24.1 Å². The maximum Gasteiger partial charge on any atom is 0.281 e. The Bertz CT molecular complexity index is 400. The van der Waals surface area contributed by atoms with Gasteiger partial charge in [-0.05, 0) is 18.1 Å².